The Labute approximate surface area is 163 Å². The fraction of sp³-hybridized carbons (Fsp3) is 0.727. The molecule has 3 aliphatic rings. The molecule has 3 fully saturated rings. The predicted octanol–water partition coefficient (Wildman–Crippen LogP) is 2.63. The van der Waals surface area contributed by atoms with E-state index in [1.807, 2.05) is 0 Å². The lowest BCUT2D eigenvalue weighted by atomic mass is 9.94. The smallest absolute Gasteiger partial charge is 0.0720 e. The van der Waals surface area contributed by atoms with Crippen molar-refractivity contribution in [2.75, 3.05) is 33.0 Å². The monoisotopic (exact) mass is 374 g/mol. The first-order valence-electron chi connectivity index (χ1n) is 10.7. The largest absolute Gasteiger partial charge is 0.381 e. The Morgan fingerprint density at radius 2 is 1.93 bits per heavy atom. The molecule has 27 heavy (non-hydrogen) atoms. The van der Waals surface area contributed by atoms with Gasteiger partial charge in [-0.05, 0) is 42.7 Å². The van der Waals surface area contributed by atoms with Gasteiger partial charge in [-0.3, -0.25) is 0 Å². The van der Waals surface area contributed by atoms with Crippen molar-refractivity contribution in [2.45, 2.75) is 63.4 Å². The number of nitrogens with one attached hydrogen (secondary N) is 2. The SMILES string of the molecule is c1cc(CNC2CCCC2C2COCCN2)cc(COC2CCOCC2)c1. The van der Waals surface area contributed by atoms with Crippen LogP contribution in [0.3, 0.4) is 0 Å². The van der Waals surface area contributed by atoms with Crippen molar-refractivity contribution in [2.24, 2.45) is 5.92 Å². The summed E-state index contributed by atoms with van der Waals surface area (Å²) in [5.74, 6) is 0.685. The summed E-state index contributed by atoms with van der Waals surface area (Å²) < 4.78 is 17.2. The standard InChI is InChI=1S/C22H34N2O3/c1-3-17(13-18(4-1)15-27-19-7-10-25-11-8-19)14-24-21-6-2-5-20(21)22-16-26-12-9-23-22/h1,3-4,13,19-24H,2,5-12,14-16H2. The van der Waals surface area contributed by atoms with E-state index in [0.717, 1.165) is 52.4 Å². The average Bonchev–Trinajstić information content (AvgIpc) is 3.21. The summed E-state index contributed by atoms with van der Waals surface area (Å²) in [5.41, 5.74) is 2.62. The van der Waals surface area contributed by atoms with E-state index in [-0.39, 0.29) is 0 Å². The van der Waals surface area contributed by atoms with E-state index >= 15 is 0 Å². The van der Waals surface area contributed by atoms with Crippen molar-refractivity contribution in [1.29, 1.82) is 0 Å². The van der Waals surface area contributed by atoms with Crippen LogP contribution in [0.25, 0.3) is 0 Å². The maximum absolute atomic E-state index is 6.08. The molecule has 1 aromatic rings. The molecule has 0 radical (unpaired) electrons. The van der Waals surface area contributed by atoms with Crippen LogP contribution in [0, 0.1) is 5.92 Å². The Balaban J connectivity index is 1.26. The van der Waals surface area contributed by atoms with Crippen molar-refractivity contribution >= 4 is 0 Å². The first-order valence-corrected chi connectivity index (χ1v) is 10.7. The first-order chi connectivity index (χ1) is 13.4. The van der Waals surface area contributed by atoms with E-state index in [9.17, 15) is 0 Å². The van der Waals surface area contributed by atoms with Gasteiger partial charge < -0.3 is 24.8 Å². The Morgan fingerprint density at radius 1 is 1.04 bits per heavy atom. The highest BCUT2D eigenvalue weighted by molar-refractivity contribution is 5.23. The molecule has 3 atom stereocenters. The highest BCUT2D eigenvalue weighted by atomic mass is 16.5. The van der Waals surface area contributed by atoms with Gasteiger partial charge in [0.25, 0.3) is 0 Å². The van der Waals surface area contributed by atoms with Crippen LogP contribution >= 0.6 is 0 Å². The van der Waals surface area contributed by atoms with E-state index in [1.165, 1.54) is 30.4 Å². The number of hydrogen-bond donors (Lipinski definition) is 2. The summed E-state index contributed by atoms with van der Waals surface area (Å²) in [7, 11) is 0. The van der Waals surface area contributed by atoms with Gasteiger partial charge in [0.1, 0.15) is 0 Å². The molecule has 2 N–H and O–H groups in total. The number of hydrogen-bond acceptors (Lipinski definition) is 5. The normalized spacial score (nSPS) is 29.9. The zero-order valence-corrected chi connectivity index (χ0v) is 16.3. The number of morpholine rings is 1. The highest BCUT2D eigenvalue weighted by Gasteiger charge is 2.34. The summed E-state index contributed by atoms with van der Waals surface area (Å²) in [5, 5.41) is 7.48. The fourth-order valence-corrected chi connectivity index (χ4v) is 4.72. The van der Waals surface area contributed by atoms with Gasteiger partial charge in [0, 0.05) is 38.4 Å². The predicted molar refractivity (Wildman–Crippen MR) is 106 cm³/mol. The average molecular weight is 375 g/mol. The summed E-state index contributed by atoms with van der Waals surface area (Å²) in [6.45, 7) is 6.00. The first kappa shape index (κ1) is 19.3. The second kappa shape index (κ2) is 9.99. The number of rotatable bonds is 7. The summed E-state index contributed by atoms with van der Waals surface area (Å²) in [6, 6.07) is 9.94. The molecule has 4 rings (SSSR count). The summed E-state index contributed by atoms with van der Waals surface area (Å²) >= 11 is 0. The fourth-order valence-electron chi connectivity index (χ4n) is 4.72. The van der Waals surface area contributed by atoms with Crippen LogP contribution < -0.4 is 10.6 Å². The minimum Gasteiger partial charge on any atom is -0.381 e. The minimum atomic E-state index is 0.352. The van der Waals surface area contributed by atoms with Crippen molar-refractivity contribution < 1.29 is 14.2 Å². The molecule has 0 aromatic heterocycles. The lowest BCUT2D eigenvalue weighted by molar-refractivity contribution is -0.0390. The third-order valence-electron chi connectivity index (χ3n) is 6.25. The van der Waals surface area contributed by atoms with Crippen LogP contribution in [0.15, 0.2) is 24.3 Å². The molecular weight excluding hydrogens is 340 g/mol. The lowest BCUT2D eigenvalue weighted by Gasteiger charge is -2.33. The van der Waals surface area contributed by atoms with Gasteiger partial charge in [0.2, 0.25) is 0 Å². The zero-order valence-electron chi connectivity index (χ0n) is 16.3. The van der Waals surface area contributed by atoms with E-state index in [2.05, 4.69) is 34.9 Å². The molecule has 3 unspecified atom stereocenters. The molecule has 0 bridgehead atoms. The van der Waals surface area contributed by atoms with Crippen LogP contribution in [0.2, 0.25) is 0 Å². The topological polar surface area (TPSA) is 51.8 Å². The maximum Gasteiger partial charge on any atom is 0.0720 e. The molecule has 2 saturated heterocycles. The van der Waals surface area contributed by atoms with Gasteiger partial charge in [-0.1, -0.05) is 30.7 Å². The van der Waals surface area contributed by atoms with Crippen molar-refractivity contribution in [3.05, 3.63) is 35.4 Å². The van der Waals surface area contributed by atoms with Crippen LogP contribution in [0.4, 0.5) is 0 Å². The Bertz CT molecular complexity index is 570. The lowest BCUT2D eigenvalue weighted by Crippen LogP contribution is -2.50. The molecule has 0 amide bonds. The third-order valence-corrected chi connectivity index (χ3v) is 6.25. The number of ether oxygens (including phenoxy) is 3. The molecule has 0 spiro atoms. The molecular formula is C22H34N2O3. The molecule has 2 heterocycles. The quantitative estimate of drug-likeness (QED) is 0.768. The van der Waals surface area contributed by atoms with E-state index in [1.54, 1.807) is 0 Å². The Kier molecular flexibility index (Phi) is 7.15. The van der Waals surface area contributed by atoms with Crippen LogP contribution in [0.5, 0.6) is 0 Å². The second-order valence-electron chi connectivity index (χ2n) is 8.16. The molecule has 5 heteroatoms. The molecule has 5 nitrogen and oxygen atoms in total. The van der Waals surface area contributed by atoms with E-state index < -0.39 is 0 Å². The molecule has 150 valence electrons. The van der Waals surface area contributed by atoms with Gasteiger partial charge in [-0.25, -0.2) is 0 Å². The van der Waals surface area contributed by atoms with Gasteiger partial charge in [-0.2, -0.15) is 0 Å². The molecule has 1 saturated carbocycles. The van der Waals surface area contributed by atoms with E-state index in [4.69, 9.17) is 14.2 Å². The number of benzene rings is 1. The van der Waals surface area contributed by atoms with Gasteiger partial charge >= 0.3 is 0 Å². The van der Waals surface area contributed by atoms with Crippen molar-refractivity contribution in [3.63, 3.8) is 0 Å². The zero-order chi connectivity index (χ0) is 18.3. The molecule has 2 aliphatic heterocycles. The van der Waals surface area contributed by atoms with Crippen LogP contribution in [-0.4, -0.2) is 51.2 Å². The Morgan fingerprint density at radius 3 is 2.78 bits per heavy atom. The minimum absolute atomic E-state index is 0.352. The third kappa shape index (κ3) is 5.52. The highest BCUT2D eigenvalue weighted by Crippen LogP contribution is 2.29. The van der Waals surface area contributed by atoms with Gasteiger partial charge in [0.15, 0.2) is 0 Å². The van der Waals surface area contributed by atoms with Gasteiger partial charge in [0.05, 0.1) is 25.9 Å². The molecule has 1 aromatic carbocycles. The summed E-state index contributed by atoms with van der Waals surface area (Å²) in [4.78, 5) is 0. The summed E-state index contributed by atoms with van der Waals surface area (Å²) in [6.07, 6.45) is 6.28. The Hall–Kier alpha value is -0.980. The molecule has 1 aliphatic carbocycles. The van der Waals surface area contributed by atoms with Crippen LogP contribution in [-0.2, 0) is 27.4 Å². The van der Waals surface area contributed by atoms with E-state index in [0.29, 0.717) is 30.7 Å². The maximum atomic E-state index is 6.08. The second-order valence-corrected chi connectivity index (χ2v) is 8.16. The van der Waals surface area contributed by atoms with Crippen LogP contribution in [0.1, 0.15) is 43.2 Å². The van der Waals surface area contributed by atoms with Crippen molar-refractivity contribution in [1.82, 2.24) is 10.6 Å². The van der Waals surface area contributed by atoms with Gasteiger partial charge in [-0.15, -0.1) is 0 Å². The van der Waals surface area contributed by atoms with Crippen molar-refractivity contribution in [3.8, 4) is 0 Å².